The molecule has 3 aromatic rings. The molecule has 0 saturated carbocycles. The van der Waals surface area contributed by atoms with Crippen molar-refractivity contribution < 1.29 is 0 Å². The molecule has 0 bridgehead atoms. The Labute approximate surface area is 73.1 Å². The van der Waals surface area contributed by atoms with Crippen LogP contribution in [0.4, 0.5) is 0 Å². The van der Waals surface area contributed by atoms with Crippen molar-refractivity contribution in [2.45, 2.75) is 0 Å². The van der Waals surface area contributed by atoms with E-state index < -0.39 is 0 Å². The van der Waals surface area contributed by atoms with E-state index in [9.17, 15) is 0 Å². The van der Waals surface area contributed by atoms with Crippen molar-refractivity contribution in [2.75, 3.05) is 0 Å². The highest BCUT2D eigenvalue weighted by Crippen LogP contribution is 2.24. The van der Waals surface area contributed by atoms with E-state index >= 15 is 0 Å². The second-order valence-electron chi connectivity index (χ2n) is 2.59. The van der Waals surface area contributed by atoms with Crippen LogP contribution < -0.4 is 0 Å². The van der Waals surface area contributed by atoms with Gasteiger partial charge in [-0.05, 0) is 12.1 Å². The summed E-state index contributed by atoms with van der Waals surface area (Å²) < 4.78 is 3.33. The van der Waals surface area contributed by atoms with Crippen LogP contribution in [-0.4, -0.2) is 9.38 Å². The molecule has 0 unspecified atom stereocenters. The van der Waals surface area contributed by atoms with E-state index in [1.165, 1.54) is 10.2 Å². The number of nitrogens with zero attached hydrogens (tertiary/aromatic N) is 2. The van der Waals surface area contributed by atoms with Gasteiger partial charge in [0, 0.05) is 6.20 Å². The van der Waals surface area contributed by atoms with E-state index in [4.69, 9.17) is 0 Å². The molecule has 1 aromatic carbocycles. The molecular formula is C9H5N2S. The summed E-state index contributed by atoms with van der Waals surface area (Å²) in [6.07, 6.45) is 4.70. The van der Waals surface area contributed by atoms with E-state index in [0.717, 1.165) is 4.96 Å². The third-order valence-corrected chi connectivity index (χ3v) is 2.91. The second kappa shape index (κ2) is 2.08. The lowest BCUT2D eigenvalue weighted by Gasteiger charge is -1.86. The van der Waals surface area contributed by atoms with Gasteiger partial charge in [-0.3, -0.25) is 4.40 Å². The molecule has 2 aromatic heterocycles. The summed E-state index contributed by atoms with van der Waals surface area (Å²) in [7, 11) is 0. The number of hydrogen-bond acceptors (Lipinski definition) is 2. The lowest BCUT2D eigenvalue weighted by molar-refractivity contribution is 1.30. The summed E-state index contributed by atoms with van der Waals surface area (Å²) in [5, 5.41) is 0. The van der Waals surface area contributed by atoms with Crippen molar-refractivity contribution >= 4 is 26.5 Å². The third kappa shape index (κ3) is 0.662. The summed E-state index contributed by atoms with van der Waals surface area (Å²) in [6.45, 7) is 0. The summed E-state index contributed by atoms with van der Waals surface area (Å²) >= 11 is 1.69. The molecule has 0 saturated heterocycles. The second-order valence-corrected chi connectivity index (χ2v) is 3.60. The van der Waals surface area contributed by atoms with Gasteiger partial charge in [0.15, 0.2) is 4.96 Å². The van der Waals surface area contributed by atoms with Gasteiger partial charge in [0.25, 0.3) is 0 Å². The van der Waals surface area contributed by atoms with Gasteiger partial charge in [-0.15, -0.1) is 0 Å². The van der Waals surface area contributed by atoms with Crippen LogP contribution in [-0.2, 0) is 0 Å². The average molecular weight is 173 g/mol. The molecule has 2 nitrogen and oxygen atoms in total. The van der Waals surface area contributed by atoms with Crippen molar-refractivity contribution in [3.63, 3.8) is 0 Å². The predicted octanol–water partition coefficient (Wildman–Crippen LogP) is 2.35. The number of hydrogen-bond donors (Lipinski definition) is 0. The highest BCUT2D eigenvalue weighted by atomic mass is 32.1. The zero-order chi connectivity index (χ0) is 7.97. The Bertz CT molecular complexity index is 534. The molecule has 0 amide bonds. The van der Waals surface area contributed by atoms with E-state index in [1.54, 1.807) is 11.3 Å². The van der Waals surface area contributed by atoms with Gasteiger partial charge in [0.2, 0.25) is 0 Å². The van der Waals surface area contributed by atoms with Gasteiger partial charge < -0.3 is 0 Å². The predicted molar refractivity (Wildman–Crippen MR) is 49.4 cm³/mol. The molecule has 3 heteroatoms. The lowest BCUT2D eigenvalue weighted by atomic mass is 10.3. The number of para-hydroxylation sites is 1. The highest BCUT2D eigenvalue weighted by Gasteiger charge is 2.02. The Hall–Kier alpha value is -1.35. The number of benzene rings is 1. The van der Waals surface area contributed by atoms with Crippen LogP contribution in [0.15, 0.2) is 30.5 Å². The van der Waals surface area contributed by atoms with E-state index in [2.05, 4.69) is 27.7 Å². The van der Waals surface area contributed by atoms with Gasteiger partial charge in [-0.1, -0.05) is 23.5 Å². The molecule has 2 heterocycles. The topological polar surface area (TPSA) is 17.3 Å². The molecule has 0 atom stereocenters. The molecule has 1 radical (unpaired) electrons. The van der Waals surface area contributed by atoms with E-state index in [1.807, 2.05) is 18.3 Å². The number of imidazole rings is 1. The van der Waals surface area contributed by atoms with Crippen LogP contribution in [0.5, 0.6) is 0 Å². The fraction of sp³-hybridized carbons (Fsp3) is 0. The first-order chi connectivity index (χ1) is 5.95. The first-order valence-electron chi connectivity index (χ1n) is 3.68. The van der Waals surface area contributed by atoms with Crippen LogP contribution in [0.3, 0.4) is 0 Å². The van der Waals surface area contributed by atoms with Crippen molar-refractivity contribution in [1.82, 2.24) is 9.38 Å². The molecule has 12 heavy (non-hydrogen) atoms. The zero-order valence-electron chi connectivity index (χ0n) is 6.19. The Morgan fingerprint density at radius 2 is 2.25 bits per heavy atom. The SMILES string of the molecule is [c]1cn2c(n1)sc1ccccc12. The lowest BCUT2D eigenvalue weighted by Crippen LogP contribution is -1.73. The molecule has 0 spiro atoms. The Kier molecular flexibility index (Phi) is 1.07. The van der Waals surface area contributed by atoms with Crippen molar-refractivity contribution in [3.8, 4) is 0 Å². The first-order valence-corrected chi connectivity index (χ1v) is 4.49. The average Bonchev–Trinajstić information content (AvgIpc) is 2.62. The largest absolute Gasteiger partial charge is 0.290 e. The molecule has 0 fully saturated rings. The minimum Gasteiger partial charge on any atom is -0.290 e. The van der Waals surface area contributed by atoms with Crippen LogP contribution in [0.2, 0.25) is 0 Å². The number of aromatic nitrogens is 2. The summed E-state index contributed by atoms with van der Waals surface area (Å²) in [5.41, 5.74) is 1.21. The fourth-order valence-electron chi connectivity index (χ4n) is 1.34. The third-order valence-electron chi connectivity index (χ3n) is 1.88. The molecule has 0 aliphatic heterocycles. The Morgan fingerprint density at radius 3 is 3.25 bits per heavy atom. The summed E-state index contributed by atoms with van der Waals surface area (Å²) in [5.74, 6) is 0. The van der Waals surface area contributed by atoms with Gasteiger partial charge in [-0.25, -0.2) is 4.98 Å². The minimum absolute atomic E-state index is 1.01. The normalized spacial score (nSPS) is 11.3. The first kappa shape index (κ1) is 6.20. The molecule has 0 N–H and O–H groups in total. The molecule has 57 valence electrons. The van der Waals surface area contributed by atoms with Gasteiger partial charge >= 0.3 is 0 Å². The van der Waals surface area contributed by atoms with Gasteiger partial charge in [-0.2, -0.15) is 0 Å². The number of thiazole rings is 1. The highest BCUT2D eigenvalue weighted by molar-refractivity contribution is 7.23. The maximum absolute atomic E-state index is 4.11. The van der Waals surface area contributed by atoms with Crippen LogP contribution in [0, 0.1) is 6.20 Å². The number of rotatable bonds is 0. The Balaban J connectivity index is 2.68. The maximum Gasteiger partial charge on any atom is 0.195 e. The molecule has 0 aliphatic rings. The van der Waals surface area contributed by atoms with E-state index in [0.29, 0.717) is 0 Å². The Morgan fingerprint density at radius 1 is 1.33 bits per heavy atom. The van der Waals surface area contributed by atoms with Crippen molar-refractivity contribution in [1.29, 1.82) is 0 Å². The smallest absolute Gasteiger partial charge is 0.195 e. The summed E-state index contributed by atoms with van der Waals surface area (Å²) in [4.78, 5) is 5.12. The quantitative estimate of drug-likeness (QED) is 0.510. The maximum atomic E-state index is 4.11. The van der Waals surface area contributed by atoms with Crippen LogP contribution in [0.1, 0.15) is 0 Å². The van der Waals surface area contributed by atoms with Crippen molar-refractivity contribution in [2.24, 2.45) is 0 Å². The zero-order valence-corrected chi connectivity index (χ0v) is 7.01. The van der Waals surface area contributed by atoms with E-state index in [-0.39, 0.29) is 0 Å². The summed E-state index contributed by atoms with van der Waals surface area (Å²) in [6, 6.07) is 8.28. The van der Waals surface area contributed by atoms with Crippen molar-refractivity contribution in [3.05, 3.63) is 36.7 Å². The van der Waals surface area contributed by atoms with Crippen LogP contribution >= 0.6 is 11.3 Å². The van der Waals surface area contributed by atoms with Gasteiger partial charge in [0.05, 0.1) is 10.2 Å². The van der Waals surface area contributed by atoms with Gasteiger partial charge in [0.1, 0.15) is 6.20 Å². The molecule has 0 aliphatic carbocycles. The molecule has 3 rings (SSSR count). The monoisotopic (exact) mass is 173 g/mol. The fourth-order valence-corrected chi connectivity index (χ4v) is 2.30. The minimum atomic E-state index is 1.01. The van der Waals surface area contributed by atoms with Crippen LogP contribution in [0.25, 0.3) is 15.2 Å². The standard InChI is InChI=1S/C9H5N2S/c1-2-4-8-7(3-1)11-6-5-10-9(11)12-8/h1-4,6H. The molecular weight excluding hydrogens is 168 g/mol. The number of fused-ring (bicyclic) bond motifs is 3.